The van der Waals surface area contributed by atoms with Crippen LogP contribution >= 0.6 is 11.6 Å². The molecule has 2 aromatic rings. The molecule has 0 spiro atoms. The number of hydrogen-bond donors (Lipinski definition) is 1. The maximum absolute atomic E-state index is 12.8. The van der Waals surface area contributed by atoms with E-state index in [-0.39, 0.29) is 24.2 Å². The molecule has 1 fully saturated rings. The largest absolute Gasteiger partial charge is 0.480 e. The van der Waals surface area contributed by atoms with Crippen LogP contribution in [0.5, 0.6) is 0 Å². The third kappa shape index (κ3) is 4.82. The maximum Gasteiger partial charge on any atom is 0.317 e. The Morgan fingerprint density at radius 1 is 1.41 bits per heavy atom. The van der Waals surface area contributed by atoms with Crippen molar-refractivity contribution in [3.8, 4) is 5.69 Å². The molecule has 0 aliphatic carbocycles. The number of aromatic nitrogens is 3. The van der Waals surface area contributed by atoms with Crippen LogP contribution in [0.15, 0.2) is 30.5 Å². The van der Waals surface area contributed by atoms with E-state index in [4.69, 9.17) is 21.4 Å². The van der Waals surface area contributed by atoms with Gasteiger partial charge >= 0.3 is 5.97 Å². The summed E-state index contributed by atoms with van der Waals surface area (Å²) in [6.07, 6.45) is 1.29. The van der Waals surface area contributed by atoms with Crippen LogP contribution in [0, 0.1) is 0 Å². The zero-order valence-corrected chi connectivity index (χ0v) is 15.5. The SMILES string of the molecule is CN(CC(=O)O)CC1CN(C(=O)c2cn(-c3ccccc3Cl)nn2)CCO1. The number of nitrogens with zero attached hydrogens (tertiary/aromatic N) is 5. The molecule has 3 rings (SSSR count). The van der Waals surface area contributed by atoms with Crippen LogP contribution in [0.25, 0.3) is 5.69 Å². The van der Waals surface area contributed by atoms with E-state index in [9.17, 15) is 9.59 Å². The third-order valence-electron chi connectivity index (χ3n) is 4.16. The zero-order valence-electron chi connectivity index (χ0n) is 14.8. The van der Waals surface area contributed by atoms with E-state index in [0.717, 1.165) is 0 Å². The molecule has 0 saturated carbocycles. The van der Waals surface area contributed by atoms with Gasteiger partial charge in [-0.2, -0.15) is 0 Å². The number of carbonyl (C=O) groups is 2. The monoisotopic (exact) mass is 393 g/mol. The molecule has 1 aromatic carbocycles. The van der Waals surface area contributed by atoms with Gasteiger partial charge in [0.15, 0.2) is 5.69 Å². The van der Waals surface area contributed by atoms with Crippen LogP contribution < -0.4 is 0 Å². The second kappa shape index (κ2) is 8.47. The second-order valence-electron chi connectivity index (χ2n) is 6.33. The van der Waals surface area contributed by atoms with Gasteiger partial charge in [0.25, 0.3) is 5.91 Å². The maximum atomic E-state index is 12.8. The Labute approximate surface area is 161 Å². The number of rotatable bonds is 6. The number of amides is 1. The molecular weight excluding hydrogens is 374 g/mol. The lowest BCUT2D eigenvalue weighted by atomic mass is 10.2. The molecule has 0 bridgehead atoms. The zero-order chi connectivity index (χ0) is 19.4. The summed E-state index contributed by atoms with van der Waals surface area (Å²) in [6, 6.07) is 7.16. The summed E-state index contributed by atoms with van der Waals surface area (Å²) in [4.78, 5) is 26.8. The summed E-state index contributed by atoms with van der Waals surface area (Å²) in [6.45, 7) is 1.52. The molecule has 2 heterocycles. The van der Waals surface area contributed by atoms with E-state index in [1.165, 1.54) is 4.68 Å². The number of carboxylic acid groups (broad SMARTS) is 1. The second-order valence-corrected chi connectivity index (χ2v) is 6.74. The molecule has 1 aliphatic rings. The highest BCUT2D eigenvalue weighted by molar-refractivity contribution is 6.32. The van der Waals surface area contributed by atoms with Gasteiger partial charge in [0, 0.05) is 19.6 Å². The average Bonchev–Trinajstić information content (AvgIpc) is 3.10. The predicted molar refractivity (Wildman–Crippen MR) is 97.1 cm³/mol. The molecule has 144 valence electrons. The Morgan fingerprint density at radius 2 is 2.19 bits per heavy atom. The number of para-hydroxylation sites is 1. The van der Waals surface area contributed by atoms with E-state index in [1.54, 1.807) is 35.2 Å². The number of aliphatic carboxylic acids is 1. The fourth-order valence-electron chi connectivity index (χ4n) is 2.94. The summed E-state index contributed by atoms with van der Waals surface area (Å²) >= 11 is 6.15. The number of carbonyl (C=O) groups excluding carboxylic acids is 1. The number of benzene rings is 1. The minimum Gasteiger partial charge on any atom is -0.480 e. The van der Waals surface area contributed by atoms with E-state index < -0.39 is 5.97 Å². The summed E-state index contributed by atoms with van der Waals surface area (Å²) in [5.74, 6) is -1.15. The minimum atomic E-state index is -0.905. The van der Waals surface area contributed by atoms with Crippen molar-refractivity contribution in [1.29, 1.82) is 0 Å². The molecule has 0 radical (unpaired) electrons. The summed E-state index contributed by atoms with van der Waals surface area (Å²) in [5.41, 5.74) is 0.857. The smallest absolute Gasteiger partial charge is 0.317 e. The highest BCUT2D eigenvalue weighted by atomic mass is 35.5. The Kier molecular flexibility index (Phi) is 6.04. The van der Waals surface area contributed by atoms with Gasteiger partial charge < -0.3 is 14.7 Å². The minimum absolute atomic E-state index is 0.0834. The summed E-state index contributed by atoms with van der Waals surface area (Å²) in [5, 5.41) is 17.3. The molecule has 1 N–H and O–H groups in total. The molecular formula is C17H20ClN5O4. The van der Waals surface area contributed by atoms with Crippen molar-refractivity contribution in [2.75, 3.05) is 39.8 Å². The van der Waals surface area contributed by atoms with Gasteiger partial charge in [-0.25, -0.2) is 4.68 Å². The first-order valence-corrected chi connectivity index (χ1v) is 8.80. The first-order chi connectivity index (χ1) is 12.9. The molecule has 9 nitrogen and oxygen atoms in total. The van der Waals surface area contributed by atoms with Crippen LogP contribution in [-0.4, -0.2) is 87.7 Å². The van der Waals surface area contributed by atoms with Gasteiger partial charge in [-0.15, -0.1) is 5.10 Å². The van der Waals surface area contributed by atoms with Crippen LogP contribution in [0.2, 0.25) is 5.02 Å². The number of hydrogen-bond acceptors (Lipinski definition) is 6. The van der Waals surface area contributed by atoms with Gasteiger partial charge in [-0.05, 0) is 19.2 Å². The molecule has 1 aliphatic heterocycles. The number of ether oxygens (including phenoxy) is 1. The lowest BCUT2D eigenvalue weighted by Crippen LogP contribution is -2.49. The quantitative estimate of drug-likeness (QED) is 0.773. The number of halogens is 1. The molecule has 10 heteroatoms. The Morgan fingerprint density at radius 3 is 2.93 bits per heavy atom. The predicted octanol–water partition coefficient (Wildman–Crippen LogP) is 0.778. The van der Waals surface area contributed by atoms with Crippen molar-refractivity contribution >= 4 is 23.5 Å². The van der Waals surface area contributed by atoms with Crippen molar-refractivity contribution in [2.24, 2.45) is 0 Å². The van der Waals surface area contributed by atoms with Crippen molar-refractivity contribution in [3.05, 3.63) is 41.2 Å². The molecule has 1 unspecified atom stereocenters. The molecule has 1 atom stereocenters. The van der Waals surface area contributed by atoms with Crippen LogP contribution in [-0.2, 0) is 9.53 Å². The first kappa shape index (κ1) is 19.3. The van der Waals surface area contributed by atoms with E-state index >= 15 is 0 Å². The topological polar surface area (TPSA) is 101 Å². The van der Waals surface area contributed by atoms with Gasteiger partial charge in [0.05, 0.1) is 36.2 Å². The van der Waals surface area contributed by atoms with Crippen molar-refractivity contribution < 1.29 is 19.4 Å². The highest BCUT2D eigenvalue weighted by Crippen LogP contribution is 2.19. The number of carboxylic acids is 1. The lowest BCUT2D eigenvalue weighted by Gasteiger charge is -2.34. The summed E-state index contributed by atoms with van der Waals surface area (Å²) in [7, 11) is 1.70. The number of morpholine rings is 1. The van der Waals surface area contributed by atoms with E-state index in [1.807, 2.05) is 12.1 Å². The average molecular weight is 394 g/mol. The highest BCUT2D eigenvalue weighted by Gasteiger charge is 2.28. The lowest BCUT2D eigenvalue weighted by molar-refractivity contribution is -0.138. The van der Waals surface area contributed by atoms with Crippen molar-refractivity contribution in [3.63, 3.8) is 0 Å². The molecule has 1 amide bonds. The fourth-order valence-corrected chi connectivity index (χ4v) is 3.16. The van der Waals surface area contributed by atoms with Crippen molar-refractivity contribution in [2.45, 2.75) is 6.10 Å². The van der Waals surface area contributed by atoms with Crippen LogP contribution in [0.3, 0.4) is 0 Å². The van der Waals surface area contributed by atoms with Gasteiger partial charge in [-0.1, -0.05) is 28.9 Å². The van der Waals surface area contributed by atoms with E-state index in [0.29, 0.717) is 37.0 Å². The Bertz CT molecular complexity index is 827. The standard InChI is InChI=1S/C17H20ClN5O4/c1-21(11-16(24)25)8-12-9-22(6-7-27-12)17(26)14-10-23(20-19-14)15-5-3-2-4-13(15)18/h2-5,10,12H,6-9,11H2,1H3,(H,24,25). The molecule has 1 saturated heterocycles. The fraction of sp³-hybridized carbons (Fsp3) is 0.412. The molecule has 1 aromatic heterocycles. The van der Waals surface area contributed by atoms with E-state index in [2.05, 4.69) is 10.3 Å². The van der Waals surface area contributed by atoms with Crippen molar-refractivity contribution in [1.82, 2.24) is 24.8 Å². The first-order valence-electron chi connectivity index (χ1n) is 8.42. The van der Waals surface area contributed by atoms with Crippen LogP contribution in [0.4, 0.5) is 0 Å². The van der Waals surface area contributed by atoms with Crippen LogP contribution in [0.1, 0.15) is 10.5 Å². The Balaban J connectivity index is 1.65. The van der Waals surface area contributed by atoms with Gasteiger partial charge in [0.1, 0.15) is 0 Å². The van der Waals surface area contributed by atoms with Gasteiger partial charge in [-0.3, -0.25) is 14.5 Å². The number of likely N-dealkylation sites (N-methyl/N-ethyl adjacent to an activating group) is 1. The normalized spacial score (nSPS) is 17.3. The van der Waals surface area contributed by atoms with Gasteiger partial charge in [0.2, 0.25) is 0 Å². The molecule has 27 heavy (non-hydrogen) atoms. The third-order valence-corrected chi connectivity index (χ3v) is 4.48. The Hall–Kier alpha value is -2.49. The summed E-state index contributed by atoms with van der Waals surface area (Å²) < 4.78 is 7.12.